The average molecular weight is 517 g/mol. The lowest BCUT2D eigenvalue weighted by molar-refractivity contribution is -0.122. The Kier molecular flexibility index (Phi) is 13.2. The van der Waals surface area contributed by atoms with Gasteiger partial charge in [0.25, 0.3) is 12.4 Å². The van der Waals surface area contributed by atoms with E-state index in [1.54, 1.807) is 7.11 Å². The number of nitrogens with zero attached hydrogens (tertiary/aromatic N) is 3. The fraction of sp³-hybridized carbons (Fsp3) is 0.571. The second kappa shape index (κ2) is 15.3. The first-order valence-corrected chi connectivity index (χ1v) is 12.0. The maximum atomic E-state index is 12.0. The molecule has 3 rings (SSSR count). The normalized spacial score (nSPS) is 16.9. The van der Waals surface area contributed by atoms with Crippen LogP contribution in [0, 0.1) is 13.8 Å². The van der Waals surface area contributed by atoms with E-state index in [1.807, 2.05) is 27.7 Å². The van der Waals surface area contributed by atoms with Gasteiger partial charge in [-0.15, -0.1) is 0 Å². The van der Waals surface area contributed by atoms with E-state index in [0.29, 0.717) is 29.5 Å². The zero-order chi connectivity index (χ0) is 25.7. The molecule has 2 amide bonds. The Balaban J connectivity index is 0.000000398. The molecule has 2 aromatic rings. The summed E-state index contributed by atoms with van der Waals surface area (Å²) in [6.45, 7) is 9.43. The number of thiazole rings is 1. The third-order valence-electron chi connectivity index (χ3n) is 4.94. The van der Waals surface area contributed by atoms with Crippen molar-refractivity contribution in [3.63, 3.8) is 0 Å². The molecule has 11 nitrogen and oxygen atoms in total. The van der Waals surface area contributed by atoms with Crippen molar-refractivity contribution in [1.29, 1.82) is 0 Å². The van der Waals surface area contributed by atoms with Crippen LogP contribution in [0.4, 0.5) is 5.13 Å². The number of carbonyl (C=O) groups excluding carboxylic acids is 2. The molecule has 0 bridgehead atoms. The number of amides is 2. The summed E-state index contributed by atoms with van der Waals surface area (Å²) < 4.78 is 5.47. The molecular formula is C21H33ClN6O5S. The summed E-state index contributed by atoms with van der Waals surface area (Å²) in [5.74, 6) is 0.807. The molecule has 2 atom stereocenters. The molecule has 2 aromatic heterocycles. The first-order chi connectivity index (χ1) is 16.3. The van der Waals surface area contributed by atoms with Crippen LogP contribution in [-0.2, 0) is 20.7 Å². The number of aromatic amines is 1. The number of aryl methyl sites for hydroxylation is 3. The predicted molar refractivity (Wildman–Crippen MR) is 132 cm³/mol. The van der Waals surface area contributed by atoms with Gasteiger partial charge in [0.2, 0.25) is 6.41 Å². The molecule has 0 radical (unpaired) electrons. The van der Waals surface area contributed by atoms with Crippen LogP contribution < -0.4 is 15.5 Å². The SMILES string of the molecule is CCNC(=O)c1sc(N2CC[C@@H](NC=O)[C@@H](OC)C2)nc1C.CCc1[nH]c(C)nc1Cl.O=CO. The van der Waals surface area contributed by atoms with Crippen LogP contribution in [0.1, 0.15) is 47.2 Å². The highest BCUT2D eigenvalue weighted by molar-refractivity contribution is 7.17. The lowest BCUT2D eigenvalue weighted by Gasteiger charge is -2.37. The van der Waals surface area contributed by atoms with Gasteiger partial charge in [0.1, 0.15) is 15.9 Å². The van der Waals surface area contributed by atoms with Gasteiger partial charge in [-0.05, 0) is 33.6 Å². The van der Waals surface area contributed by atoms with Crippen molar-refractivity contribution < 1.29 is 24.2 Å². The highest BCUT2D eigenvalue weighted by Crippen LogP contribution is 2.29. The van der Waals surface area contributed by atoms with Crippen LogP contribution in [0.3, 0.4) is 0 Å². The molecule has 1 aliphatic heterocycles. The number of nitrogens with one attached hydrogen (secondary N) is 3. The lowest BCUT2D eigenvalue weighted by Crippen LogP contribution is -2.53. The summed E-state index contributed by atoms with van der Waals surface area (Å²) in [6.07, 6.45) is 2.33. The third-order valence-corrected chi connectivity index (χ3v) is 6.47. The number of piperidine rings is 1. The van der Waals surface area contributed by atoms with Crippen LogP contribution in [0.15, 0.2) is 0 Å². The topological polar surface area (TPSA) is 150 Å². The van der Waals surface area contributed by atoms with Gasteiger partial charge >= 0.3 is 0 Å². The molecule has 0 spiro atoms. The maximum absolute atomic E-state index is 12.0. The molecule has 0 unspecified atom stereocenters. The Morgan fingerprint density at radius 3 is 2.50 bits per heavy atom. The zero-order valence-electron chi connectivity index (χ0n) is 20.1. The van der Waals surface area contributed by atoms with E-state index < -0.39 is 0 Å². The molecule has 13 heteroatoms. The van der Waals surface area contributed by atoms with E-state index in [9.17, 15) is 9.59 Å². The van der Waals surface area contributed by atoms with Gasteiger partial charge in [0.05, 0.1) is 23.5 Å². The number of hydrogen-bond acceptors (Lipinski definition) is 8. The molecule has 1 saturated heterocycles. The predicted octanol–water partition coefficient (Wildman–Crippen LogP) is 2.18. The summed E-state index contributed by atoms with van der Waals surface area (Å²) in [6, 6.07) is 0.0164. The molecule has 190 valence electrons. The zero-order valence-corrected chi connectivity index (χ0v) is 21.6. The molecule has 0 saturated carbocycles. The fourth-order valence-corrected chi connectivity index (χ4v) is 4.65. The van der Waals surface area contributed by atoms with Gasteiger partial charge in [0.15, 0.2) is 5.13 Å². The molecule has 1 fully saturated rings. The van der Waals surface area contributed by atoms with E-state index in [0.717, 1.165) is 41.7 Å². The number of aromatic nitrogens is 3. The van der Waals surface area contributed by atoms with Crippen molar-refractivity contribution in [2.24, 2.45) is 0 Å². The average Bonchev–Trinajstić information content (AvgIpc) is 3.36. The van der Waals surface area contributed by atoms with Crippen LogP contribution in [0.5, 0.6) is 0 Å². The Morgan fingerprint density at radius 2 is 2.03 bits per heavy atom. The second-order valence-electron chi connectivity index (χ2n) is 7.22. The minimum atomic E-state index is -0.250. The number of rotatable bonds is 7. The van der Waals surface area contributed by atoms with Crippen molar-refractivity contribution in [1.82, 2.24) is 25.6 Å². The van der Waals surface area contributed by atoms with E-state index in [2.05, 4.69) is 30.5 Å². The smallest absolute Gasteiger partial charge is 0.290 e. The molecule has 1 aliphatic rings. The molecule has 0 aliphatic carbocycles. The van der Waals surface area contributed by atoms with Gasteiger partial charge in [-0.3, -0.25) is 14.4 Å². The molecular weight excluding hydrogens is 484 g/mol. The summed E-state index contributed by atoms with van der Waals surface area (Å²) in [5.41, 5.74) is 1.77. The lowest BCUT2D eigenvalue weighted by atomic mass is 10.0. The van der Waals surface area contributed by atoms with Gasteiger partial charge in [-0.25, -0.2) is 9.97 Å². The largest absolute Gasteiger partial charge is 0.483 e. The number of methoxy groups -OCH3 is 1. The van der Waals surface area contributed by atoms with E-state index in [-0.39, 0.29) is 24.5 Å². The number of anilines is 1. The Morgan fingerprint density at radius 1 is 1.35 bits per heavy atom. The molecule has 4 N–H and O–H groups in total. The van der Waals surface area contributed by atoms with Crippen LogP contribution >= 0.6 is 22.9 Å². The highest BCUT2D eigenvalue weighted by Gasteiger charge is 2.31. The summed E-state index contributed by atoms with van der Waals surface area (Å²) in [7, 11) is 1.64. The third kappa shape index (κ3) is 8.58. The van der Waals surface area contributed by atoms with Crippen LogP contribution in [-0.4, -0.2) is 77.7 Å². The number of halogens is 1. The molecule has 3 heterocycles. The number of imidazole rings is 1. The number of H-pyrrole nitrogens is 1. The number of carboxylic acid groups (broad SMARTS) is 1. The molecule has 0 aromatic carbocycles. The number of hydrogen-bond donors (Lipinski definition) is 4. The monoisotopic (exact) mass is 516 g/mol. The maximum Gasteiger partial charge on any atom is 0.290 e. The quantitative estimate of drug-likeness (QED) is 0.409. The van der Waals surface area contributed by atoms with Gasteiger partial charge in [-0.1, -0.05) is 29.9 Å². The van der Waals surface area contributed by atoms with Gasteiger partial charge in [0, 0.05) is 26.7 Å². The second-order valence-corrected chi connectivity index (χ2v) is 8.56. The van der Waals surface area contributed by atoms with Crippen LogP contribution in [0.25, 0.3) is 0 Å². The summed E-state index contributed by atoms with van der Waals surface area (Å²) in [4.78, 5) is 45.3. The van der Waals surface area contributed by atoms with Crippen molar-refractivity contribution in [3.8, 4) is 0 Å². The number of carbonyl (C=O) groups is 3. The van der Waals surface area contributed by atoms with E-state index in [4.69, 9.17) is 26.2 Å². The van der Waals surface area contributed by atoms with Gasteiger partial charge < -0.3 is 30.4 Å². The standard InChI is InChI=1S/C14H22N4O3S.C6H9ClN2.CH2O2/c1-4-15-13(20)12-9(2)17-14(22-12)18-6-5-10(16-8-19)11(7-18)21-3;1-3-5-6(7)9-4(2)8-5;2-1-3/h8,10-11H,4-7H2,1-3H3,(H,15,20)(H,16,19);3H2,1-2H3,(H,8,9);1H,(H,2,3)/t10-,11+;;/m1../s1. The fourth-order valence-electron chi connectivity index (χ4n) is 3.32. The Bertz CT molecular complexity index is 922. The first kappa shape index (κ1) is 29.3. The van der Waals surface area contributed by atoms with Crippen molar-refractivity contribution in [2.75, 3.05) is 31.6 Å². The Labute approximate surface area is 208 Å². The first-order valence-electron chi connectivity index (χ1n) is 10.8. The molecule has 34 heavy (non-hydrogen) atoms. The van der Waals surface area contributed by atoms with Crippen molar-refractivity contribution >= 4 is 46.9 Å². The van der Waals surface area contributed by atoms with Crippen molar-refractivity contribution in [3.05, 3.63) is 27.2 Å². The van der Waals surface area contributed by atoms with E-state index >= 15 is 0 Å². The Hall–Kier alpha value is -2.70. The van der Waals surface area contributed by atoms with Crippen molar-refractivity contribution in [2.45, 2.75) is 52.7 Å². The highest BCUT2D eigenvalue weighted by atomic mass is 35.5. The minimum absolute atomic E-state index is 0.0164. The summed E-state index contributed by atoms with van der Waals surface area (Å²) >= 11 is 7.10. The van der Waals surface area contributed by atoms with E-state index in [1.165, 1.54) is 11.3 Å². The summed E-state index contributed by atoms with van der Waals surface area (Å²) in [5, 5.41) is 13.9. The number of ether oxygens (including phenoxy) is 1. The minimum Gasteiger partial charge on any atom is -0.483 e. The van der Waals surface area contributed by atoms with Gasteiger partial charge in [-0.2, -0.15) is 0 Å². The van der Waals surface area contributed by atoms with Crippen LogP contribution in [0.2, 0.25) is 5.15 Å².